The van der Waals surface area contributed by atoms with E-state index in [4.69, 9.17) is 4.42 Å². The Morgan fingerprint density at radius 2 is 2.26 bits per heavy atom. The van der Waals surface area contributed by atoms with Crippen LogP contribution in [0.25, 0.3) is 5.82 Å². The van der Waals surface area contributed by atoms with Crippen molar-refractivity contribution in [3.63, 3.8) is 0 Å². The van der Waals surface area contributed by atoms with Crippen LogP contribution in [0.1, 0.15) is 12.8 Å². The number of anilines is 1. The molecule has 1 aliphatic rings. The van der Waals surface area contributed by atoms with Crippen LogP contribution in [0.4, 0.5) is 6.01 Å². The largest absolute Gasteiger partial charge is 0.432 e. The summed E-state index contributed by atoms with van der Waals surface area (Å²) in [6.07, 6.45) is 10.4. The van der Waals surface area contributed by atoms with E-state index in [1.807, 2.05) is 0 Å². The molecule has 3 aromatic heterocycles. The minimum absolute atomic E-state index is 0.117. The number of oxazole rings is 1. The molecule has 8 heteroatoms. The zero-order valence-corrected chi connectivity index (χ0v) is 12.4. The Bertz CT molecular complexity index is 824. The summed E-state index contributed by atoms with van der Waals surface area (Å²) in [5.74, 6) is 0.669. The Kier molecular flexibility index (Phi) is 3.41. The second kappa shape index (κ2) is 5.71. The van der Waals surface area contributed by atoms with Crippen molar-refractivity contribution in [3.05, 3.63) is 53.7 Å². The SMILES string of the molecule is O=c1ccc(-n2ccnc2)nn1CC1CCCN1c1ncco1. The summed E-state index contributed by atoms with van der Waals surface area (Å²) in [4.78, 5) is 22.5. The highest BCUT2D eigenvalue weighted by Gasteiger charge is 2.28. The fraction of sp³-hybridized carbons (Fsp3) is 0.333. The first-order valence-corrected chi connectivity index (χ1v) is 7.54. The van der Waals surface area contributed by atoms with Gasteiger partial charge in [-0.1, -0.05) is 0 Å². The van der Waals surface area contributed by atoms with Crippen molar-refractivity contribution in [3.8, 4) is 5.82 Å². The molecule has 1 atom stereocenters. The molecule has 0 radical (unpaired) electrons. The van der Waals surface area contributed by atoms with E-state index in [0.717, 1.165) is 19.4 Å². The highest BCUT2D eigenvalue weighted by Crippen LogP contribution is 2.24. The van der Waals surface area contributed by atoms with Gasteiger partial charge in [0.15, 0.2) is 5.82 Å². The van der Waals surface area contributed by atoms with Crippen molar-refractivity contribution in [1.82, 2.24) is 24.3 Å². The molecule has 4 rings (SSSR count). The maximum absolute atomic E-state index is 12.1. The van der Waals surface area contributed by atoms with E-state index in [9.17, 15) is 4.79 Å². The Labute approximate surface area is 132 Å². The molecule has 3 aromatic rings. The third kappa shape index (κ3) is 2.63. The highest BCUT2D eigenvalue weighted by atomic mass is 16.4. The van der Waals surface area contributed by atoms with Gasteiger partial charge in [0.25, 0.3) is 11.6 Å². The van der Waals surface area contributed by atoms with Crippen LogP contribution in [-0.4, -0.2) is 36.9 Å². The van der Waals surface area contributed by atoms with Gasteiger partial charge in [-0.3, -0.25) is 9.36 Å². The molecular weight excluding hydrogens is 296 g/mol. The molecule has 0 amide bonds. The first-order valence-electron chi connectivity index (χ1n) is 7.54. The highest BCUT2D eigenvalue weighted by molar-refractivity contribution is 5.29. The monoisotopic (exact) mass is 312 g/mol. The van der Waals surface area contributed by atoms with Gasteiger partial charge < -0.3 is 9.32 Å². The van der Waals surface area contributed by atoms with Crippen LogP contribution >= 0.6 is 0 Å². The molecule has 4 heterocycles. The Hall–Kier alpha value is -2.90. The molecule has 23 heavy (non-hydrogen) atoms. The maximum atomic E-state index is 12.1. The molecule has 0 spiro atoms. The van der Waals surface area contributed by atoms with Crippen LogP contribution < -0.4 is 10.5 Å². The van der Waals surface area contributed by atoms with E-state index >= 15 is 0 Å². The standard InChI is InChI=1S/C15H16N6O2/c22-14-4-3-13(19-8-5-16-11-19)18-21(14)10-12-2-1-7-20(12)15-17-6-9-23-15/h3-6,8-9,11-12H,1-2,7,10H2. The number of nitrogens with zero attached hydrogens (tertiary/aromatic N) is 6. The first-order chi connectivity index (χ1) is 11.3. The summed E-state index contributed by atoms with van der Waals surface area (Å²) >= 11 is 0. The molecule has 0 aliphatic carbocycles. The Morgan fingerprint density at radius 3 is 3.04 bits per heavy atom. The minimum atomic E-state index is -0.117. The van der Waals surface area contributed by atoms with Gasteiger partial charge in [0.1, 0.15) is 12.6 Å². The predicted molar refractivity (Wildman–Crippen MR) is 82.5 cm³/mol. The molecule has 1 fully saturated rings. The molecule has 0 bridgehead atoms. The number of imidazole rings is 1. The van der Waals surface area contributed by atoms with Gasteiger partial charge in [-0.05, 0) is 18.9 Å². The lowest BCUT2D eigenvalue weighted by molar-refractivity contribution is 0.456. The molecule has 118 valence electrons. The lowest BCUT2D eigenvalue weighted by Crippen LogP contribution is -2.37. The van der Waals surface area contributed by atoms with Crippen LogP contribution in [0.15, 0.2) is 52.5 Å². The summed E-state index contributed by atoms with van der Waals surface area (Å²) < 4.78 is 8.67. The zero-order chi connectivity index (χ0) is 15.6. The second-order valence-corrected chi connectivity index (χ2v) is 5.49. The van der Waals surface area contributed by atoms with Gasteiger partial charge in [0.05, 0.1) is 18.8 Å². The normalized spacial score (nSPS) is 17.7. The number of aromatic nitrogens is 5. The van der Waals surface area contributed by atoms with Gasteiger partial charge >= 0.3 is 0 Å². The smallest absolute Gasteiger partial charge is 0.297 e. The van der Waals surface area contributed by atoms with Gasteiger partial charge in [-0.2, -0.15) is 5.10 Å². The van der Waals surface area contributed by atoms with Crippen molar-refractivity contribution in [2.24, 2.45) is 0 Å². The molecule has 0 aromatic carbocycles. The van der Waals surface area contributed by atoms with Crippen molar-refractivity contribution < 1.29 is 4.42 Å². The van der Waals surface area contributed by atoms with Crippen molar-refractivity contribution in [2.45, 2.75) is 25.4 Å². The maximum Gasteiger partial charge on any atom is 0.297 e. The molecule has 1 saturated heterocycles. The summed E-state index contributed by atoms with van der Waals surface area (Å²) in [7, 11) is 0. The predicted octanol–water partition coefficient (Wildman–Crippen LogP) is 1.09. The molecular formula is C15H16N6O2. The lowest BCUT2D eigenvalue weighted by Gasteiger charge is -2.23. The molecule has 1 aliphatic heterocycles. The molecule has 8 nitrogen and oxygen atoms in total. The van der Waals surface area contributed by atoms with E-state index in [1.165, 1.54) is 10.7 Å². The quantitative estimate of drug-likeness (QED) is 0.717. The van der Waals surface area contributed by atoms with Crippen LogP contribution in [-0.2, 0) is 6.54 Å². The van der Waals surface area contributed by atoms with Crippen LogP contribution in [0.3, 0.4) is 0 Å². The summed E-state index contributed by atoms with van der Waals surface area (Å²) in [6, 6.07) is 3.98. The summed E-state index contributed by atoms with van der Waals surface area (Å²) in [5.41, 5.74) is -0.117. The van der Waals surface area contributed by atoms with E-state index < -0.39 is 0 Å². The van der Waals surface area contributed by atoms with Crippen LogP contribution in [0.5, 0.6) is 0 Å². The third-order valence-electron chi connectivity index (χ3n) is 4.05. The second-order valence-electron chi connectivity index (χ2n) is 5.49. The van der Waals surface area contributed by atoms with E-state index in [-0.39, 0.29) is 11.6 Å². The van der Waals surface area contributed by atoms with Crippen molar-refractivity contribution in [1.29, 1.82) is 0 Å². The zero-order valence-electron chi connectivity index (χ0n) is 12.4. The third-order valence-corrected chi connectivity index (χ3v) is 4.05. The molecule has 0 saturated carbocycles. The minimum Gasteiger partial charge on any atom is -0.432 e. The number of hydrogen-bond donors (Lipinski definition) is 0. The Balaban J connectivity index is 1.61. The van der Waals surface area contributed by atoms with E-state index in [1.54, 1.807) is 41.8 Å². The van der Waals surface area contributed by atoms with Crippen molar-refractivity contribution >= 4 is 6.01 Å². The fourth-order valence-corrected chi connectivity index (χ4v) is 2.94. The molecule has 1 unspecified atom stereocenters. The summed E-state index contributed by atoms with van der Waals surface area (Å²) in [6.45, 7) is 1.38. The topological polar surface area (TPSA) is 82.0 Å². The van der Waals surface area contributed by atoms with Crippen molar-refractivity contribution in [2.75, 3.05) is 11.4 Å². The molecule has 0 N–H and O–H groups in total. The number of rotatable bonds is 4. The first kappa shape index (κ1) is 13.7. The van der Waals surface area contributed by atoms with Gasteiger partial charge in [-0.25, -0.2) is 14.6 Å². The van der Waals surface area contributed by atoms with E-state index in [0.29, 0.717) is 18.4 Å². The van der Waals surface area contributed by atoms with E-state index in [2.05, 4.69) is 20.0 Å². The van der Waals surface area contributed by atoms with Crippen LogP contribution in [0.2, 0.25) is 0 Å². The average molecular weight is 312 g/mol. The number of hydrogen-bond acceptors (Lipinski definition) is 6. The van der Waals surface area contributed by atoms with Gasteiger partial charge in [0, 0.05) is 25.0 Å². The van der Waals surface area contributed by atoms with Crippen LogP contribution in [0, 0.1) is 0 Å². The van der Waals surface area contributed by atoms with Gasteiger partial charge in [-0.15, -0.1) is 0 Å². The van der Waals surface area contributed by atoms with Gasteiger partial charge in [0.2, 0.25) is 0 Å². The average Bonchev–Trinajstić information content (AvgIpc) is 3.31. The fourth-order valence-electron chi connectivity index (χ4n) is 2.94. The lowest BCUT2D eigenvalue weighted by atomic mass is 10.2. The summed E-state index contributed by atoms with van der Waals surface area (Å²) in [5, 5.41) is 4.44. The Morgan fingerprint density at radius 1 is 1.30 bits per heavy atom.